The Labute approximate surface area is 545 Å². The predicted octanol–water partition coefficient (Wildman–Crippen LogP) is 24.3. The van der Waals surface area contributed by atoms with Crippen molar-refractivity contribution >= 4 is 29.1 Å². The second kappa shape index (κ2) is 36.6. The molecule has 0 radical (unpaired) electrons. The van der Waals surface area contributed by atoms with Crippen LogP contribution < -0.4 is 4.74 Å². The Morgan fingerprint density at radius 1 is 0.500 bits per heavy atom. The van der Waals surface area contributed by atoms with Gasteiger partial charge in [-0.05, 0) is 185 Å². The normalized spacial score (nSPS) is 11.1. The van der Waals surface area contributed by atoms with Gasteiger partial charge in [-0.25, -0.2) is 4.39 Å². The van der Waals surface area contributed by atoms with E-state index in [1.807, 2.05) is 101 Å². The maximum Gasteiger partial charge on any atom is 0.160 e. The second-order valence-electron chi connectivity index (χ2n) is 28.0. The quantitative estimate of drug-likeness (QED) is 0.112. The number of para-hydroxylation sites is 1. The highest BCUT2D eigenvalue weighted by Crippen LogP contribution is 2.36. The SMILES string of the molecule is CC(=O)c1c(C)cccc1C(C)(C)C.COCc1c(C)cccc1C(C)(C)C.COc1c(C)cccc1C(C)(C)C.CSc1c(C)cccc1C(C)(C)C.Cc1cccc(C(C)C)c1C#N.Cc1cccc(C(C)C)c1Cl.Cc1cccc(C(C)C)c1F. The molecule has 7 rings (SSSR count). The molecule has 0 unspecified atom stereocenters. The van der Waals surface area contributed by atoms with E-state index in [0.717, 1.165) is 60.8 Å². The van der Waals surface area contributed by atoms with Gasteiger partial charge in [0.1, 0.15) is 11.6 Å². The van der Waals surface area contributed by atoms with Gasteiger partial charge in [0.05, 0.1) is 25.3 Å². The Morgan fingerprint density at radius 3 is 1.24 bits per heavy atom. The maximum atomic E-state index is 13.3. The lowest BCUT2D eigenvalue weighted by Gasteiger charge is -2.24. The molecule has 0 aliphatic carbocycles. The zero-order valence-corrected chi connectivity index (χ0v) is 61.5. The van der Waals surface area contributed by atoms with Crippen LogP contribution in [-0.2, 0) is 33.0 Å². The molecule has 0 atom stereocenters. The first-order chi connectivity index (χ1) is 40.6. The third-order valence-corrected chi connectivity index (χ3v) is 16.6. The number of halogens is 2. The molecule has 0 fully saturated rings. The lowest BCUT2D eigenvalue weighted by Crippen LogP contribution is -2.17. The molecule has 0 saturated carbocycles. The summed E-state index contributed by atoms with van der Waals surface area (Å²) in [5.74, 6) is 2.35. The summed E-state index contributed by atoms with van der Waals surface area (Å²) < 4.78 is 23.9. The smallest absolute Gasteiger partial charge is 0.160 e. The first-order valence-corrected chi connectivity index (χ1v) is 32.7. The van der Waals surface area contributed by atoms with Crippen LogP contribution in [0.2, 0.25) is 5.02 Å². The van der Waals surface area contributed by atoms with Crippen LogP contribution in [0.3, 0.4) is 0 Å². The molecule has 4 nitrogen and oxygen atoms in total. The highest BCUT2D eigenvalue weighted by atomic mass is 35.5. The van der Waals surface area contributed by atoms with Gasteiger partial charge in [0.25, 0.3) is 0 Å². The fourth-order valence-electron chi connectivity index (χ4n) is 10.1. The third kappa shape index (κ3) is 25.1. The number of nitriles is 1. The Hall–Kier alpha value is -5.97. The molecule has 0 aliphatic heterocycles. The summed E-state index contributed by atoms with van der Waals surface area (Å²) in [6, 6.07) is 45.3. The average Bonchev–Trinajstić information content (AvgIpc) is 3.14. The van der Waals surface area contributed by atoms with Crippen molar-refractivity contribution in [2.24, 2.45) is 0 Å². The molecule has 7 aromatic rings. The van der Waals surface area contributed by atoms with Crippen molar-refractivity contribution in [3.8, 4) is 11.8 Å². The number of carbonyl (C=O) groups is 1. The van der Waals surface area contributed by atoms with E-state index in [2.05, 4.69) is 211 Å². The Morgan fingerprint density at radius 2 is 0.875 bits per heavy atom. The van der Waals surface area contributed by atoms with Crippen molar-refractivity contribution in [2.45, 2.75) is 231 Å². The summed E-state index contributed by atoms with van der Waals surface area (Å²) in [6.45, 7) is 55.6. The maximum absolute atomic E-state index is 13.3. The summed E-state index contributed by atoms with van der Waals surface area (Å²) in [5.41, 5.74) is 20.1. The Balaban J connectivity index is 0.000000514. The first-order valence-electron chi connectivity index (χ1n) is 31.1. The molecular weight excluding hydrogens is 1120 g/mol. The van der Waals surface area contributed by atoms with Crippen molar-refractivity contribution in [1.82, 2.24) is 0 Å². The predicted molar refractivity (Wildman–Crippen MR) is 384 cm³/mol. The number of Topliss-reactive ketones (excluding diaryl/α,β-unsaturated/α-hetero) is 1. The van der Waals surface area contributed by atoms with Gasteiger partial charge >= 0.3 is 0 Å². The third-order valence-electron chi connectivity index (χ3n) is 15.1. The largest absolute Gasteiger partial charge is 0.496 e. The molecule has 7 aromatic carbocycles. The van der Waals surface area contributed by atoms with E-state index in [0.29, 0.717) is 18.4 Å². The fraction of sp³-hybridized carbons (Fsp3) is 0.457. The van der Waals surface area contributed by atoms with Crippen molar-refractivity contribution in [3.63, 3.8) is 0 Å². The second-order valence-corrected chi connectivity index (χ2v) is 29.2. The minimum Gasteiger partial charge on any atom is -0.496 e. The van der Waals surface area contributed by atoms with E-state index >= 15 is 0 Å². The number of rotatable bonds is 8. The van der Waals surface area contributed by atoms with Gasteiger partial charge in [0.2, 0.25) is 0 Å². The topological polar surface area (TPSA) is 59.3 Å². The van der Waals surface area contributed by atoms with Crippen molar-refractivity contribution < 1.29 is 18.7 Å². The Bertz CT molecular complexity index is 3210. The van der Waals surface area contributed by atoms with E-state index in [-0.39, 0.29) is 39.2 Å². The molecular formula is C81H113ClFNO3S. The number of hydrogen-bond acceptors (Lipinski definition) is 5. The van der Waals surface area contributed by atoms with Crippen LogP contribution in [0.25, 0.3) is 0 Å². The number of ether oxygens (including phenoxy) is 2. The van der Waals surface area contributed by atoms with E-state index in [4.69, 9.17) is 26.3 Å². The molecule has 0 amide bonds. The highest BCUT2D eigenvalue weighted by molar-refractivity contribution is 7.98. The number of benzene rings is 7. The standard InChI is InChI=1S/C13H20O.C13H18O.C12H18O.C12H18S.C11H13N.C10H13Cl.C10H13F/c1-10-7-6-8-12(13(2,3)4)11(10)9-14-5;1-9-7-6-8-11(13(3,4)5)12(9)10(2)14;2*1-9-7-6-8-10(11(9)13-5)12(2,3)4;1-8(2)10-6-4-5-9(3)11(10)7-12;2*1-7(2)9-6-4-5-8(3)10(9)11/h6-8H,9H2,1-5H3;6-8H,1-5H3;2*6-8H,1-5H3;4-6,8H,1-3H3;2*4-7H,1-3H3. The highest BCUT2D eigenvalue weighted by Gasteiger charge is 2.23. The van der Waals surface area contributed by atoms with Crippen LogP contribution in [-0.4, -0.2) is 26.3 Å². The van der Waals surface area contributed by atoms with E-state index < -0.39 is 0 Å². The number of nitrogens with zero attached hydrogens (tertiary/aromatic N) is 1. The number of methoxy groups -OCH3 is 2. The van der Waals surface area contributed by atoms with Gasteiger partial charge in [0, 0.05) is 22.6 Å². The monoisotopic (exact) mass is 1230 g/mol. The number of aryl methyl sites for hydroxylation is 7. The van der Waals surface area contributed by atoms with Gasteiger partial charge in [-0.3, -0.25) is 4.79 Å². The first kappa shape index (κ1) is 80.0. The van der Waals surface area contributed by atoms with Crippen molar-refractivity contribution in [3.05, 3.63) is 233 Å². The lowest BCUT2D eigenvalue weighted by molar-refractivity contribution is 0.101. The molecule has 7 heteroatoms. The number of thioether (sulfide) groups is 1. The lowest BCUT2D eigenvalue weighted by atomic mass is 9.81. The van der Waals surface area contributed by atoms with Crippen LogP contribution >= 0.6 is 23.4 Å². The summed E-state index contributed by atoms with van der Waals surface area (Å²) in [6.07, 6.45) is 2.15. The zero-order valence-electron chi connectivity index (χ0n) is 59.9. The van der Waals surface area contributed by atoms with Crippen LogP contribution in [0, 0.1) is 65.6 Å². The molecule has 480 valence electrons. The van der Waals surface area contributed by atoms with E-state index in [1.54, 1.807) is 34.1 Å². The molecule has 0 heterocycles. The van der Waals surface area contributed by atoms with Gasteiger partial charge in [-0.15, -0.1) is 11.8 Å². The minimum atomic E-state index is -0.0532. The van der Waals surface area contributed by atoms with Crippen molar-refractivity contribution in [1.29, 1.82) is 5.26 Å². The van der Waals surface area contributed by atoms with Crippen molar-refractivity contribution in [2.75, 3.05) is 20.5 Å². The summed E-state index contributed by atoms with van der Waals surface area (Å²) in [4.78, 5) is 13.0. The molecule has 0 N–H and O–H groups in total. The van der Waals surface area contributed by atoms with Crippen LogP contribution in [0.15, 0.2) is 132 Å². The molecule has 0 spiro atoms. The molecule has 0 saturated heterocycles. The average molecular weight is 1240 g/mol. The number of carbonyl (C=O) groups excluding carboxylic acids is 1. The van der Waals surface area contributed by atoms with Gasteiger partial charge in [0.15, 0.2) is 5.78 Å². The van der Waals surface area contributed by atoms with Gasteiger partial charge < -0.3 is 9.47 Å². The molecule has 0 aliphatic rings. The number of ketones is 1. The summed E-state index contributed by atoms with van der Waals surface area (Å²) >= 11 is 7.94. The molecule has 0 bridgehead atoms. The molecule has 0 aromatic heterocycles. The van der Waals surface area contributed by atoms with Crippen LogP contribution in [0.1, 0.15) is 249 Å². The van der Waals surface area contributed by atoms with Gasteiger partial charge in [-0.2, -0.15) is 5.26 Å². The zero-order chi connectivity index (χ0) is 67.8. The van der Waals surface area contributed by atoms with Crippen LogP contribution in [0.4, 0.5) is 4.39 Å². The molecule has 88 heavy (non-hydrogen) atoms. The van der Waals surface area contributed by atoms with E-state index in [9.17, 15) is 9.18 Å². The number of hydrogen-bond donors (Lipinski definition) is 0. The summed E-state index contributed by atoms with van der Waals surface area (Å²) in [5, 5.41) is 9.82. The van der Waals surface area contributed by atoms with E-state index in [1.165, 1.54) is 49.4 Å². The minimum absolute atomic E-state index is 0.0347. The fourth-order valence-corrected chi connectivity index (χ4v) is 11.4. The summed E-state index contributed by atoms with van der Waals surface area (Å²) in [7, 11) is 3.48. The Kier molecular flexibility index (Phi) is 33.3. The van der Waals surface area contributed by atoms with Crippen LogP contribution in [0.5, 0.6) is 5.75 Å². The van der Waals surface area contributed by atoms with Gasteiger partial charge in [-0.1, -0.05) is 264 Å².